The van der Waals surface area contributed by atoms with Crippen LogP contribution in [0.5, 0.6) is 0 Å². The van der Waals surface area contributed by atoms with E-state index in [0.717, 1.165) is 24.9 Å². The second-order valence-electron chi connectivity index (χ2n) is 11.5. The van der Waals surface area contributed by atoms with Gasteiger partial charge in [0, 0.05) is 50.4 Å². The van der Waals surface area contributed by atoms with E-state index in [0.29, 0.717) is 73.6 Å². The zero-order valence-electron chi connectivity index (χ0n) is 23.8. The van der Waals surface area contributed by atoms with Crippen LogP contribution in [0.15, 0.2) is 48.5 Å². The summed E-state index contributed by atoms with van der Waals surface area (Å²) in [6, 6.07) is 13.3. The summed E-state index contributed by atoms with van der Waals surface area (Å²) in [6.45, 7) is 6.20. The van der Waals surface area contributed by atoms with Crippen molar-refractivity contribution in [3.63, 3.8) is 0 Å². The molecule has 2 aromatic carbocycles. The lowest BCUT2D eigenvalue weighted by atomic mass is 10.0. The Morgan fingerprint density at radius 3 is 2.60 bits per heavy atom. The van der Waals surface area contributed by atoms with E-state index in [1.165, 1.54) is 16.7 Å². The number of aromatic nitrogens is 4. The minimum absolute atomic E-state index is 0.138. The van der Waals surface area contributed by atoms with E-state index in [2.05, 4.69) is 14.8 Å². The van der Waals surface area contributed by atoms with E-state index in [9.17, 15) is 18.0 Å². The molecule has 0 bridgehead atoms. The first-order valence-electron chi connectivity index (χ1n) is 14.7. The molecule has 7 rings (SSSR count). The van der Waals surface area contributed by atoms with Crippen molar-refractivity contribution < 1.29 is 22.7 Å². The molecule has 2 aromatic heterocycles. The maximum absolute atomic E-state index is 14.2. The number of halogens is 3. The normalized spacial score (nSPS) is 20.4. The summed E-state index contributed by atoms with van der Waals surface area (Å²) in [4.78, 5) is 33.0. The molecule has 2 atom stereocenters. The third-order valence-electron chi connectivity index (χ3n) is 8.61. The van der Waals surface area contributed by atoms with Crippen molar-refractivity contribution in [3.05, 3.63) is 71.3 Å². The molecule has 0 saturated carbocycles. The number of likely N-dealkylation sites (tertiary alicyclic amines) is 1. The highest BCUT2D eigenvalue weighted by Gasteiger charge is 2.41. The van der Waals surface area contributed by atoms with Crippen LogP contribution in [-0.2, 0) is 4.74 Å². The van der Waals surface area contributed by atoms with Crippen LogP contribution in [0.2, 0.25) is 0 Å². The fourth-order valence-electron chi connectivity index (χ4n) is 6.26. The van der Waals surface area contributed by atoms with Crippen molar-refractivity contribution in [2.75, 3.05) is 55.7 Å². The highest BCUT2D eigenvalue weighted by Crippen LogP contribution is 2.36. The van der Waals surface area contributed by atoms with Crippen LogP contribution in [0.4, 0.5) is 24.9 Å². The lowest BCUT2D eigenvalue weighted by molar-refractivity contribution is 0.0785. The molecule has 4 aromatic rings. The Morgan fingerprint density at radius 2 is 1.79 bits per heavy atom. The lowest BCUT2D eigenvalue weighted by Crippen LogP contribution is -2.37. The zero-order chi connectivity index (χ0) is 29.7. The van der Waals surface area contributed by atoms with E-state index in [1.807, 2.05) is 11.8 Å². The molecule has 9 nitrogen and oxygen atoms in total. The van der Waals surface area contributed by atoms with Gasteiger partial charge in [-0.2, -0.15) is 9.97 Å². The summed E-state index contributed by atoms with van der Waals surface area (Å²) < 4.78 is 49.2. The van der Waals surface area contributed by atoms with E-state index in [4.69, 9.17) is 14.7 Å². The second-order valence-corrected chi connectivity index (χ2v) is 11.5. The van der Waals surface area contributed by atoms with Gasteiger partial charge >= 0.3 is 0 Å². The number of nitrogens with zero attached hydrogens (tertiary/aromatic N) is 7. The number of imidazole rings is 1. The average molecular weight is 592 g/mol. The van der Waals surface area contributed by atoms with Gasteiger partial charge in [-0.3, -0.25) is 9.36 Å². The number of hydrogen-bond donors (Lipinski definition) is 0. The second kappa shape index (κ2) is 11.1. The van der Waals surface area contributed by atoms with Crippen LogP contribution in [-0.4, -0.2) is 82.3 Å². The third-order valence-corrected chi connectivity index (χ3v) is 8.61. The van der Waals surface area contributed by atoms with Gasteiger partial charge in [0.15, 0.2) is 5.82 Å². The van der Waals surface area contributed by atoms with Crippen molar-refractivity contribution in [1.82, 2.24) is 24.4 Å². The van der Waals surface area contributed by atoms with E-state index in [-0.39, 0.29) is 23.7 Å². The highest BCUT2D eigenvalue weighted by molar-refractivity contribution is 5.95. The van der Waals surface area contributed by atoms with Crippen molar-refractivity contribution >= 4 is 28.7 Å². The van der Waals surface area contributed by atoms with Crippen molar-refractivity contribution in [3.8, 4) is 5.82 Å². The molecule has 1 amide bonds. The van der Waals surface area contributed by atoms with Crippen LogP contribution >= 0.6 is 0 Å². The molecule has 0 radical (unpaired) electrons. The molecule has 3 saturated heterocycles. The maximum atomic E-state index is 14.2. The SMILES string of the molecule is Cc1ccc(F)cc1C(=O)N1CC[C@H](CC2CN2c2nc(N3CCOCC3)cc(-n3c(C(F)F)nc4ccccc43)n2)C1. The summed E-state index contributed by atoms with van der Waals surface area (Å²) in [7, 11) is 0. The monoisotopic (exact) mass is 591 g/mol. The standard InChI is InChI=1S/C31H32F3N7O2/c1-19-6-7-21(32)15-23(19)30(42)39-9-8-20(17-39)14-22-18-40(22)31-36-26(38-10-12-43-13-11-38)16-27(37-31)41-25-5-3-2-4-24(25)35-29(41)28(33)34/h2-7,15-16,20,22,28H,8-14,17-18H2,1H3/t20-,22?,40?/m1/s1. The van der Waals surface area contributed by atoms with E-state index >= 15 is 0 Å². The quantitative estimate of drug-likeness (QED) is 0.286. The first-order chi connectivity index (χ1) is 20.9. The molecule has 12 heteroatoms. The fourth-order valence-corrected chi connectivity index (χ4v) is 6.26. The third kappa shape index (κ3) is 5.39. The number of carbonyl (C=O) groups is 1. The van der Waals surface area contributed by atoms with Crippen molar-refractivity contribution in [1.29, 1.82) is 0 Å². The van der Waals surface area contributed by atoms with Gasteiger partial charge in [-0.1, -0.05) is 18.2 Å². The predicted octanol–water partition coefficient (Wildman–Crippen LogP) is 4.78. The Kier molecular flexibility index (Phi) is 7.16. The Hall–Kier alpha value is -4.19. The number of carbonyl (C=O) groups excluding carboxylic acids is 1. The van der Waals surface area contributed by atoms with Crippen LogP contribution in [0, 0.1) is 18.7 Å². The molecular weight excluding hydrogens is 559 g/mol. The molecule has 5 heterocycles. The number of morpholine rings is 1. The van der Waals surface area contributed by atoms with Gasteiger partial charge in [0.05, 0.1) is 24.2 Å². The number of amides is 1. The van der Waals surface area contributed by atoms with Crippen molar-refractivity contribution in [2.24, 2.45) is 5.92 Å². The van der Waals surface area contributed by atoms with Gasteiger partial charge in [0.1, 0.15) is 17.5 Å². The van der Waals surface area contributed by atoms with Gasteiger partial charge in [0.2, 0.25) is 5.95 Å². The summed E-state index contributed by atoms with van der Waals surface area (Å²) >= 11 is 0. The molecular formula is C31H32F3N7O2. The van der Waals surface area contributed by atoms with E-state index < -0.39 is 12.2 Å². The van der Waals surface area contributed by atoms with Gasteiger partial charge in [-0.15, -0.1) is 0 Å². The molecule has 3 aliphatic rings. The van der Waals surface area contributed by atoms with Crippen molar-refractivity contribution in [2.45, 2.75) is 32.2 Å². The number of alkyl halides is 2. The summed E-state index contributed by atoms with van der Waals surface area (Å²) in [6.07, 6.45) is -1.07. The Balaban J connectivity index is 1.13. The molecule has 3 aliphatic heterocycles. The number of hydrogen-bond acceptors (Lipinski definition) is 7. The molecule has 0 spiro atoms. The molecule has 224 valence electrons. The molecule has 3 fully saturated rings. The first-order valence-corrected chi connectivity index (χ1v) is 14.7. The number of anilines is 2. The van der Waals surface area contributed by atoms with Gasteiger partial charge in [-0.05, 0) is 55.5 Å². The van der Waals surface area contributed by atoms with Crippen LogP contribution in [0.1, 0.15) is 41.0 Å². The van der Waals surface area contributed by atoms with Gasteiger partial charge in [-0.25, -0.2) is 18.2 Å². The summed E-state index contributed by atoms with van der Waals surface area (Å²) in [5.41, 5.74) is 2.20. The fraction of sp³-hybridized carbons (Fsp3) is 0.419. The summed E-state index contributed by atoms with van der Waals surface area (Å²) in [5.74, 6) is 0.882. The lowest BCUT2D eigenvalue weighted by Gasteiger charge is -2.28. The Labute approximate surface area is 246 Å². The zero-order valence-corrected chi connectivity index (χ0v) is 23.8. The Bertz CT molecular complexity index is 1670. The largest absolute Gasteiger partial charge is 0.378 e. The predicted molar refractivity (Wildman–Crippen MR) is 156 cm³/mol. The minimum atomic E-state index is -2.78. The minimum Gasteiger partial charge on any atom is -0.378 e. The smallest absolute Gasteiger partial charge is 0.296 e. The van der Waals surface area contributed by atoms with Crippen LogP contribution < -0.4 is 9.80 Å². The van der Waals surface area contributed by atoms with Crippen LogP contribution in [0.3, 0.4) is 0 Å². The number of benzene rings is 2. The average Bonchev–Trinajstić information content (AvgIpc) is 3.43. The molecule has 0 aliphatic carbocycles. The maximum Gasteiger partial charge on any atom is 0.296 e. The number of rotatable bonds is 7. The molecule has 1 unspecified atom stereocenters. The number of ether oxygens (including phenoxy) is 1. The molecule has 43 heavy (non-hydrogen) atoms. The van der Waals surface area contributed by atoms with Gasteiger partial charge < -0.3 is 19.4 Å². The number of fused-ring (bicyclic) bond motifs is 1. The Morgan fingerprint density at radius 1 is 1.00 bits per heavy atom. The van der Waals surface area contributed by atoms with Gasteiger partial charge in [0.25, 0.3) is 12.3 Å². The van der Waals surface area contributed by atoms with E-state index in [1.54, 1.807) is 36.4 Å². The van der Waals surface area contributed by atoms with Crippen LogP contribution in [0.25, 0.3) is 16.9 Å². The topological polar surface area (TPSA) is 79.4 Å². The first kappa shape index (κ1) is 27.6. The number of aryl methyl sites for hydroxylation is 1. The number of para-hydroxylation sites is 2. The highest BCUT2D eigenvalue weighted by atomic mass is 19.3. The summed E-state index contributed by atoms with van der Waals surface area (Å²) in [5, 5.41) is 0. The molecule has 0 N–H and O–H groups in total.